The lowest BCUT2D eigenvalue weighted by molar-refractivity contribution is 0.0476. The van der Waals surface area contributed by atoms with Gasteiger partial charge < -0.3 is 14.8 Å². The summed E-state index contributed by atoms with van der Waals surface area (Å²) in [7, 11) is 1.71. The largest absolute Gasteiger partial charge is 0.446 e. The van der Waals surface area contributed by atoms with Crippen LogP contribution in [0.1, 0.15) is 56.3 Å². The first-order valence-electron chi connectivity index (χ1n) is 13.5. The third-order valence-electron chi connectivity index (χ3n) is 6.73. The lowest BCUT2D eigenvalue weighted by Gasteiger charge is -2.32. The molecule has 0 radical (unpaired) electrons. The number of ether oxygens (including phenoxy) is 2. The number of nitrogens with one attached hydrogen (secondary N) is 1. The molecule has 4 rings (SSSR count). The average molecular weight is 530 g/mol. The summed E-state index contributed by atoms with van der Waals surface area (Å²) < 4.78 is 11.3. The van der Waals surface area contributed by atoms with Gasteiger partial charge in [-0.15, -0.1) is 0 Å². The summed E-state index contributed by atoms with van der Waals surface area (Å²) in [5.41, 5.74) is 3.45. The van der Waals surface area contributed by atoms with E-state index >= 15 is 0 Å². The smallest absolute Gasteiger partial charge is 0.414 e. The van der Waals surface area contributed by atoms with Crippen LogP contribution < -0.4 is 10.2 Å². The summed E-state index contributed by atoms with van der Waals surface area (Å²) in [5.74, 6) is 0. The Balaban J connectivity index is 1.26. The molecule has 0 aromatic heterocycles. The fourth-order valence-corrected chi connectivity index (χ4v) is 4.66. The molecule has 0 aliphatic carbocycles. The van der Waals surface area contributed by atoms with Gasteiger partial charge in [0.15, 0.2) is 0 Å². The second-order valence-electron chi connectivity index (χ2n) is 11.0. The zero-order valence-corrected chi connectivity index (χ0v) is 23.3. The normalized spacial score (nSPS) is 14.6. The van der Waals surface area contributed by atoms with Crippen molar-refractivity contribution in [2.45, 2.75) is 57.9 Å². The summed E-state index contributed by atoms with van der Waals surface area (Å²) in [6.45, 7) is 8.06. The molecule has 0 spiro atoms. The van der Waals surface area contributed by atoms with Crippen LogP contribution in [0.2, 0.25) is 0 Å². The van der Waals surface area contributed by atoms with Gasteiger partial charge in [0.2, 0.25) is 0 Å². The molecule has 1 aliphatic heterocycles. The summed E-state index contributed by atoms with van der Waals surface area (Å²) in [5, 5.41) is 3.07. The molecule has 206 valence electrons. The molecule has 1 fully saturated rings. The molecular formula is C32H39N3O4. The Morgan fingerprint density at radius 3 is 1.95 bits per heavy atom. The molecule has 1 saturated heterocycles. The molecule has 1 aliphatic rings. The lowest BCUT2D eigenvalue weighted by atomic mass is 9.99. The van der Waals surface area contributed by atoms with Gasteiger partial charge in [0.1, 0.15) is 11.7 Å². The third-order valence-corrected chi connectivity index (χ3v) is 6.73. The minimum Gasteiger partial charge on any atom is -0.446 e. The number of rotatable bonds is 7. The Morgan fingerprint density at radius 1 is 0.897 bits per heavy atom. The second-order valence-corrected chi connectivity index (χ2v) is 11.0. The third kappa shape index (κ3) is 8.32. The van der Waals surface area contributed by atoms with E-state index in [0.717, 1.165) is 49.3 Å². The van der Waals surface area contributed by atoms with Crippen LogP contribution in [0.25, 0.3) is 0 Å². The van der Waals surface area contributed by atoms with Crippen molar-refractivity contribution in [1.29, 1.82) is 0 Å². The minimum absolute atomic E-state index is 0.113. The average Bonchev–Trinajstić information content (AvgIpc) is 2.93. The van der Waals surface area contributed by atoms with E-state index in [4.69, 9.17) is 9.47 Å². The Kier molecular flexibility index (Phi) is 9.25. The van der Waals surface area contributed by atoms with Gasteiger partial charge in [-0.2, -0.15) is 0 Å². The van der Waals surface area contributed by atoms with E-state index in [2.05, 4.69) is 10.2 Å². The number of benzene rings is 3. The molecule has 1 N–H and O–H groups in total. The van der Waals surface area contributed by atoms with Gasteiger partial charge >= 0.3 is 12.2 Å². The van der Waals surface area contributed by atoms with Gasteiger partial charge in [-0.3, -0.25) is 9.80 Å². The molecular weight excluding hydrogens is 490 g/mol. The summed E-state index contributed by atoms with van der Waals surface area (Å²) in [4.78, 5) is 29.1. The quantitative estimate of drug-likeness (QED) is 0.376. The van der Waals surface area contributed by atoms with Crippen LogP contribution in [0, 0.1) is 0 Å². The van der Waals surface area contributed by atoms with Crippen LogP contribution in [-0.4, -0.2) is 48.9 Å². The van der Waals surface area contributed by atoms with E-state index in [1.807, 2.05) is 106 Å². The van der Waals surface area contributed by atoms with Gasteiger partial charge in [-0.1, -0.05) is 72.8 Å². The maximum Gasteiger partial charge on any atom is 0.414 e. The Labute approximate surface area is 231 Å². The standard InChI is InChI=1S/C32H39N3O4/c1-32(2,3)39-31(37)34(4)27-17-15-24(16-18-27)23-35-21-19-28(20-22-35)38-30(36)33-29(25-11-7-5-8-12-25)26-13-9-6-10-14-26/h5-18,28-29H,19-23H2,1-4H3,(H,33,36). The van der Waals surface area contributed by atoms with Crippen LogP contribution in [0.15, 0.2) is 84.9 Å². The molecule has 3 aromatic rings. The highest BCUT2D eigenvalue weighted by Crippen LogP contribution is 2.24. The number of hydrogen-bond acceptors (Lipinski definition) is 5. The number of piperidine rings is 1. The van der Waals surface area contributed by atoms with Gasteiger partial charge in [0.05, 0.1) is 6.04 Å². The monoisotopic (exact) mass is 529 g/mol. The van der Waals surface area contributed by atoms with Gasteiger partial charge in [0.25, 0.3) is 0 Å². The van der Waals surface area contributed by atoms with Crippen molar-refractivity contribution in [2.24, 2.45) is 0 Å². The van der Waals surface area contributed by atoms with E-state index in [0.29, 0.717) is 0 Å². The lowest BCUT2D eigenvalue weighted by Crippen LogP contribution is -2.40. The number of alkyl carbamates (subject to hydrolysis) is 1. The van der Waals surface area contributed by atoms with Gasteiger partial charge in [-0.05, 0) is 62.4 Å². The number of hydrogen-bond donors (Lipinski definition) is 1. The first-order valence-corrected chi connectivity index (χ1v) is 13.5. The fourth-order valence-electron chi connectivity index (χ4n) is 4.66. The molecule has 7 heteroatoms. The predicted molar refractivity (Wildman–Crippen MR) is 154 cm³/mol. The van der Waals surface area contributed by atoms with Crippen LogP contribution in [0.5, 0.6) is 0 Å². The Hall–Kier alpha value is -3.84. The molecule has 0 saturated carbocycles. The van der Waals surface area contributed by atoms with Crippen molar-refractivity contribution >= 4 is 17.9 Å². The number of amides is 2. The summed E-state index contributed by atoms with van der Waals surface area (Å²) in [6.07, 6.45) is 0.692. The molecule has 39 heavy (non-hydrogen) atoms. The topological polar surface area (TPSA) is 71.1 Å². The number of nitrogens with zero attached hydrogens (tertiary/aromatic N) is 2. The highest BCUT2D eigenvalue weighted by Gasteiger charge is 2.25. The van der Waals surface area contributed by atoms with Crippen LogP contribution in [0.4, 0.5) is 15.3 Å². The molecule has 7 nitrogen and oxygen atoms in total. The fraction of sp³-hybridized carbons (Fsp3) is 0.375. The Bertz CT molecular complexity index is 1160. The Morgan fingerprint density at radius 2 is 1.44 bits per heavy atom. The van der Waals surface area contributed by atoms with E-state index in [-0.39, 0.29) is 18.2 Å². The van der Waals surface area contributed by atoms with Gasteiger partial charge in [-0.25, -0.2) is 9.59 Å². The predicted octanol–water partition coefficient (Wildman–Crippen LogP) is 6.54. The highest BCUT2D eigenvalue weighted by molar-refractivity contribution is 5.87. The molecule has 0 atom stereocenters. The van der Waals surface area contributed by atoms with Crippen molar-refractivity contribution in [3.05, 3.63) is 102 Å². The van der Waals surface area contributed by atoms with Crippen molar-refractivity contribution in [2.75, 3.05) is 25.0 Å². The molecule has 0 unspecified atom stereocenters. The number of anilines is 1. The van der Waals surface area contributed by atoms with Crippen LogP contribution >= 0.6 is 0 Å². The van der Waals surface area contributed by atoms with Crippen molar-refractivity contribution in [3.63, 3.8) is 0 Å². The minimum atomic E-state index is -0.534. The zero-order chi connectivity index (χ0) is 27.8. The first kappa shape index (κ1) is 28.2. The highest BCUT2D eigenvalue weighted by atomic mass is 16.6. The van der Waals surface area contributed by atoms with Crippen molar-refractivity contribution in [3.8, 4) is 0 Å². The van der Waals surface area contributed by atoms with E-state index in [1.165, 1.54) is 10.5 Å². The second kappa shape index (κ2) is 12.8. The van der Waals surface area contributed by atoms with E-state index in [1.54, 1.807) is 7.05 Å². The van der Waals surface area contributed by atoms with Crippen molar-refractivity contribution in [1.82, 2.24) is 10.2 Å². The number of likely N-dealkylation sites (tertiary alicyclic amines) is 1. The SMILES string of the molecule is CN(C(=O)OC(C)(C)C)c1ccc(CN2CCC(OC(=O)NC(c3ccccc3)c3ccccc3)CC2)cc1. The van der Waals surface area contributed by atoms with Crippen LogP contribution in [0.3, 0.4) is 0 Å². The first-order chi connectivity index (χ1) is 18.7. The van der Waals surface area contributed by atoms with Gasteiger partial charge in [0, 0.05) is 32.4 Å². The van der Waals surface area contributed by atoms with Crippen LogP contribution in [-0.2, 0) is 16.0 Å². The summed E-state index contributed by atoms with van der Waals surface area (Å²) in [6, 6.07) is 27.6. The van der Waals surface area contributed by atoms with Crippen molar-refractivity contribution < 1.29 is 19.1 Å². The maximum absolute atomic E-state index is 12.9. The molecule has 3 aromatic carbocycles. The summed E-state index contributed by atoms with van der Waals surface area (Å²) >= 11 is 0. The maximum atomic E-state index is 12.9. The van der Waals surface area contributed by atoms with E-state index < -0.39 is 11.7 Å². The number of carbonyl (C=O) groups excluding carboxylic acids is 2. The van der Waals surface area contributed by atoms with E-state index in [9.17, 15) is 9.59 Å². The molecule has 0 bridgehead atoms. The number of carbonyl (C=O) groups is 2. The molecule has 1 heterocycles. The molecule has 2 amide bonds. The zero-order valence-electron chi connectivity index (χ0n) is 23.3.